The number of hydrogen-bond acceptors (Lipinski definition) is 3. The molecule has 134 valence electrons. The third-order valence-corrected chi connectivity index (χ3v) is 7.80. The van der Waals surface area contributed by atoms with Crippen LogP contribution in [0.2, 0.25) is 0 Å². The third kappa shape index (κ3) is 3.36. The number of hydrogen-bond donors (Lipinski definition) is 1. The van der Waals surface area contributed by atoms with Gasteiger partial charge in [-0.3, -0.25) is 0 Å². The molecule has 1 aromatic rings. The maximum absolute atomic E-state index is 12.9. The van der Waals surface area contributed by atoms with E-state index in [0.29, 0.717) is 35.7 Å². The zero-order chi connectivity index (χ0) is 15.9. The molecule has 1 aliphatic carbocycles. The van der Waals surface area contributed by atoms with Crippen molar-refractivity contribution in [3.8, 4) is 0 Å². The number of fused-ring (bicyclic) bond motifs is 1. The lowest BCUT2D eigenvalue weighted by Crippen LogP contribution is -2.31. The Hall–Kier alpha value is -0.620. The van der Waals surface area contributed by atoms with Crippen LogP contribution in [0.15, 0.2) is 29.2 Å². The highest BCUT2D eigenvalue weighted by Crippen LogP contribution is 2.34. The van der Waals surface area contributed by atoms with E-state index in [9.17, 15) is 8.42 Å². The highest BCUT2D eigenvalue weighted by molar-refractivity contribution is 7.89. The second kappa shape index (κ2) is 7.32. The first-order valence-corrected chi connectivity index (χ1v) is 10.4. The monoisotopic (exact) mass is 370 g/mol. The summed E-state index contributed by atoms with van der Waals surface area (Å²) in [5.74, 6) is 1.61. The molecule has 2 atom stereocenters. The van der Waals surface area contributed by atoms with Gasteiger partial charge in [-0.05, 0) is 61.4 Å². The van der Waals surface area contributed by atoms with Crippen molar-refractivity contribution < 1.29 is 8.42 Å². The van der Waals surface area contributed by atoms with E-state index < -0.39 is 10.0 Å². The summed E-state index contributed by atoms with van der Waals surface area (Å²) in [6.07, 6.45) is 6.43. The number of rotatable bonds is 3. The van der Waals surface area contributed by atoms with E-state index in [-0.39, 0.29) is 12.4 Å². The van der Waals surface area contributed by atoms with Gasteiger partial charge in [0.2, 0.25) is 10.0 Å². The minimum atomic E-state index is -3.32. The summed E-state index contributed by atoms with van der Waals surface area (Å²) >= 11 is 0. The Morgan fingerprint density at radius 2 is 1.50 bits per heavy atom. The minimum Gasteiger partial charge on any atom is -0.316 e. The molecular weight excluding hydrogens is 344 g/mol. The summed E-state index contributed by atoms with van der Waals surface area (Å²) in [6.45, 7) is 3.25. The average molecular weight is 371 g/mol. The first-order valence-electron chi connectivity index (χ1n) is 8.95. The number of nitrogens with zero attached hydrogens (tertiary/aromatic N) is 1. The van der Waals surface area contributed by atoms with Gasteiger partial charge in [-0.25, -0.2) is 8.42 Å². The predicted octanol–water partition coefficient (Wildman–Crippen LogP) is 3.00. The van der Waals surface area contributed by atoms with Gasteiger partial charge in [-0.15, -0.1) is 12.4 Å². The Labute approximate surface area is 151 Å². The smallest absolute Gasteiger partial charge is 0.243 e. The molecule has 0 amide bonds. The molecule has 2 aliphatic heterocycles. The molecule has 1 aromatic carbocycles. The summed E-state index contributed by atoms with van der Waals surface area (Å²) in [6, 6.07) is 7.74. The third-order valence-electron chi connectivity index (χ3n) is 5.95. The summed E-state index contributed by atoms with van der Waals surface area (Å²) in [5, 5.41) is 3.36. The Morgan fingerprint density at radius 1 is 0.917 bits per heavy atom. The van der Waals surface area contributed by atoms with E-state index in [4.69, 9.17) is 0 Å². The largest absolute Gasteiger partial charge is 0.316 e. The fraction of sp³-hybridized carbons (Fsp3) is 0.667. The topological polar surface area (TPSA) is 49.4 Å². The predicted molar refractivity (Wildman–Crippen MR) is 98.1 cm³/mol. The van der Waals surface area contributed by atoms with Crippen LogP contribution in [0.3, 0.4) is 0 Å². The first kappa shape index (κ1) is 18.2. The molecule has 2 heterocycles. The van der Waals surface area contributed by atoms with Crippen molar-refractivity contribution in [2.24, 2.45) is 11.8 Å². The van der Waals surface area contributed by atoms with Crippen molar-refractivity contribution in [1.29, 1.82) is 0 Å². The van der Waals surface area contributed by atoms with E-state index in [1.807, 2.05) is 24.3 Å². The van der Waals surface area contributed by atoms with Crippen LogP contribution in [-0.2, 0) is 10.0 Å². The zero-order valence-corrected chi connectivity index (χ0v) is 15.6. The van der Waals surface area contributed by atoms with Crippen molar-refractivity contribution >= 4 is 22.4 Å². The van der Waals surface area contributed by atoms with Crippen LogP contribution in [0.1, 0.15) is 43.6 Å². The second-order valence-corrected chi connectivity index (χ2v) is 9.34. The second-order valence-electron chi connectivity index (χ2n) is 7.40. The lowest BCUT2D eigenvalue weighted by molar-refractivity contribution is 0.442. The first-order chi connectivity index (χ1) is 11.1. The normalized spacial score (nSPS) is 28.5. The SMILES string of the molecule is Cl.O=S(=O)(c1ccc(C2CCCCC2)cc1)N1C[C@H]2CNC[C@H]2C1. The fourth-order valence-corrected chi connectivity index (χ4v) is 6.06. The molecule has 0 spiro atoms. The number of nitrogens with one attached hydrogen (secondary N) is 1. The molecule has 0 unspecified atom stereocenters. The molecule has 4 rings (SSSR count). The van der Waals surface area contributed by atoms with Gasteiger partial charge in [0, 0.05) is 13.1 Å². The van der Waals surface area contributed by atoms with E-state index >= 15 is 0 Å². The van der Waals surface area contributed by atoms with Crippen LogP contribution in [-0.4, -0.2) is 38.9 Å². The maximum atomic E-state index is 12.9. The van der Waals surface area contributed by atoms with Crippen LogP contribution in [0.5, 0.6) is 0 Å². The summed E-state index contributed by atoms with van der Waals surface area (Å²) in [5.41, 5.74) is 1.31. The molecule has 1 saturated carbocycles. The van der Waals surface area contributed by atoms with Gasteiger partial charge >= 0.3 is 0 Å². The molecular formula is C18H27ClN2O2S. The molecule has 0 bridgehead atoms. The van der Waals surface area contributed by atoms with Crippen LogP contribution in [0.25, 0.3) is 0 Å². The highest BCUT2D eigenvalue weighted by atomic mass is 35.5. The van der Waals surface area contributed by atoms with Gasteiger partial charge in [-0.1, -0.05) is 31.4 Å². The van der Waals surface area contributed by atoms with Crippen LogP contribution in [0.4, 0.5) is 0 Å². The van der Waals surface area contributed by atoms with Gasteiger partial charge in [0.25, 0.3) is 0 Å². The van der Waals surface area contributed by atoms with Gasteiger partial charge in [0.1, 0.15) is 0 Å². The molecule has 0 radical (unpaired) electrons. The van der Waals surface area contributed by atoms with Gasteiger partial charge in [0.15, 0.2) is 0 Å². The Kier molecular flexibility index (Phi) is 5.55. The molecule has 1 N–H and O–H groups in total. The Balaban J connectivity index is 0.00000169. The summed E-state index contributed by atoms with van der Waals surface area (Å²) < 4.78 is 27.4. The fourth-order valence-electron chi connectivity index (χ4n) is 4.51. The number of halogens is 1. The van der Waals surface area contributed by atoms with Crippen LogP contribution in [0, 0.1) is 11.8 Å². The van der Waals surface area contributed by atoms with Crippen molar-refractivity contribution in [3.05, 3.63) is 29.8 Å². The van der Waals surface area contributed by atoms with E-state index in [0.717, 1.165) is 13.1 Å². The van der Waals surface area contributed by atoms with Gasteiger partial charge in [-0.2, -0.15) is 4.31 Å². The van der Waals surface area contributed by atoms with Crippen LogP contribution >= 0.6 is 12.4 Å². The molecule has 3 aliphatic rings. The maximum Gasteiger partial charge on any atom is 0.243 e. The molecule has 24 heavy (non-hydrogen) atoms. The number of sulfonamides is 1. The average Bonchev–Trinajstić information content (AvgIpc) is 3.18. The zero-order valence-electron chi connectivity index (χ0n) is 14.0. The molecule has 0 aromatic heterocycles. The molecule has 6 heteroatoms. The van der Waals surface area contributed by atoms with Crippen molar-refractivity contribution in [2.45, 2.75) is 42.9 Å². The Morgan fingerprint density at radius 3 is 2.08 bits per heavy atom. The lowest BCUT2D eigenvalue weighted by Gasteiger charge is -2.22. The van der Waals surface area contributed by atoms with E-state index in [2.05, 4.69) is 5.32 Å². The van der Waals surface area contributed by atoms with Crippen molar-refractivity contribution in [1.82, 2.24) is 9.62 Å². The van der Waals surface area contributed by atoms with Gasteiger partial charge < -0.3 is 5.32 Å². The van der Waals surface area contributed by atoms with Gasteiger partial charge in [0.05, 0.1) is 4.90 Å². The lowest BCUT2D eigenvalue weighted by atomic mass is 9.84. The standard InChI is InChI=1S/C18H26N2O2S.ClH/c21-23(22,20-12-16-10-19-11-17(16)13-20)18-8-6-15(7-9-18)14-4-2-1-3-5-14;/h6-9,14,16-17,19H,1-5,10-13H2;1H/t16-,17+;. The van der Waals surface area contributed by atoms with E-state index in [1.165, 1.54) is 37.7 Å². The summed E-state index contributed by atoms with van der Waals surface area (Å²) in [4.78, 5) is 0.463. The highest BCUT2D eigenvalue weighted by Gasteiger charge is 2.41. The minimum absolute atomic E-state index is 0. The quantitative estimate of drug-likeness (QED) is 0.889. The van der Waals surface area contributed by atoms with E-state index in [1.54, 1.807) is 4.31 Å². The van der Waals surface area contributed by atoms with Crippen molar-refractivity contribution in [3.63, 3.8) is 0 Å². The van der Waals surface area contributed by atoms with Crippen molar-refractivity contribution in [2.75, 3.05) is 26.2 Å². The molecule has 2 saturated heterocycles. The summed E-state index contributed by atoms with van der Waals surface area (Å²) in [7, 11) is -3.32. The molecule has 4 nitrogen and oxygen atoms in total. The Bertz CT molecular complexity index is 644. The number of benzene rings is 1. The van der Waals surface area contributed by atoms with Crippen LogP contribution < -0.4 is 5.32 Å². The molecule has 3 fully saturated rings.